The molecule has 0 bridgehead atoms. The number of hydrogen-bond acceptors (Lipinski definition) is 3. The van der Waals surface area contributed by atoms with Crippen molar-refractivity contribution >= 4 is 5.91 Å². The summed E-state index contributed by atoms with van der Waals surface area (Å²) in [6, 6.07) is 0. The highest BCUT2D eigenvalue weighted by molar-refractivity contribution is 5.79. The van der Waals surface area contributed by atoms with Crippen LogP contribution in [0.2, 0.25) is 0 Å². The summed E-state index contributed by atoms with van der Waals surface area (Å²) in [5.41, 5.74) is 4.80. The number of aliphatic hydroxyl groups is 1. The van der Waals surface area contributed by atoms with Gasteiger partial charge in [-0.1, -0.05) is 0 Å². The summed E-state index contributed by atoms with van der Waals surface area (Å²) in [7, 11) is 3.05. The van der Waals surface area contributed by atoms with Crippen LogP contribution in [-0.4, -0.2) is 36.2 Å². The lowest BCUT2D eigenvalue weighted by molar-refractivity contribution is -0.137. The van der Waals surface area contributed by atoms with E-state index in [4.69, 9.17) is 10.8 Å². The minimum Gasteiger partial charge on any atom is -0.370 e. The van der Waals surface area contributed by atoms with Crippen molar-refractivity contribution in [1.29, 1.82) is 0 Å². The van der Waals surface area contributed by atoms with Crippen LogP contribution in [0.15, 0.2) is 0 Å². The largest absolute Gasteiger partial charge is 0.370 e. The lowest BCUT2D eigenvalue weighted by atomic mass is 10.5. The monoisotopic (exact) mass is 118 g/mol. The number of nitrogens with two attached hydrogens (primary N) is 1. The highest BCUT2D eigenvalue weighted by atomic mass is 16.3. The number of carbonyl (C=O) groups excluding carboxylic acids is 1. The van der Waals surface area contributed by atoms with Crippen LogP contribution in [0.1, 0.15) is 0 Å². The van der Waals surface area contributed by atoms with Crippen molar-refractivity contribution in [3.63, 3.8) is 0 Å². The van der Waals surface area contributed by atoms with Gasteiger partial charge in [0.2, 0.25) is 0 Å². The molecule has 0 aromatic rings. The van der Waals surface area contributed by atoms with E-state index in [1.54, 1.807) is 0 Å². The Kier molecular flexibility index (Phi) is 2.44. The molecule has 4 nitrogen and oxygen atoms in total. The van der Waals surface area contributed by atoms with Crippen LogP contribution in [-0.2, 0) is 4.79 Å². The molecule has 0 aromatic heterocycles. The summed E-state index contributed by atoms with van der Waals surface area (Å²) in [4.78, 5) is 11.6. The van der Waals surface area contributed by atoms with Crippen LogP contribution in [0.25, 0.3) is 0 Å². The number of hydrogen-bond donors (Lipinski definition) is 2. The van der Waals surface area contributed by atoms with E-state index in [1.165, 1.54) is 19.0 Å². The number of amides is 1. The van der Waals surface area contributed by atoms with Crippen molar-refractivity contribution in [2.24, 2.45) is 5.73 Å². The van der Waals surface area contributed by atoms with Crippen LogP contribution in [0.3, 0.4) is 0 Å². The van der Waals surface area contributed by atoms with Crippen molar-refractivity contribution in [2.75, 3.05) is 14.1 Å². The molecule has 0 rings (SSSR count). The maximum atomic E-state index is 10.4. The standard InChI is InChI=1S/C4H10N2O2/c1-6(2)4(8)3(5)7/h3,7H,5H2,1-2H3. The molecule has 4 heteroatoms. The summed E-state index contributed by atoms with van der Waals surface area (Å²) in [5, 5.41) is 8.38. The fraction of sp³-hybridized carbons (Fsp3) is 0.750. The second kappa shape index (κ2) is 2.64. The van der Waals surface area contributed by atoms with Gasteiger partial charge < -0.3 is 10.0 Å². The van der Waals surface area contributed by atoms with Crippen molar-refractivity contribution in [1.82, 2.24) is 4.90 Å². The first-order valence-corrected chi connectivity index (χ1v) is 2.20. The number of rotatable bonds is 1. The highest BCUT2D eigenvalue weighted by Crippen LogP contribution is 1.78. The Morgan fingerprint density at radius 2 is 2.12 bits per heavy atom. The zero-order valence-corrected chi connectivity index (χ0v) is 4.96. The smallest absolute Gasteiger partial charge is 0.265 e. The lowest BCUT2D eigenvalue weighted by Crippen LogP contribution is -2.39. The van der Waals surface area contributed by atoms with E-state index in [2.05, 4.69) is 0 Å². The van der Waals surface area contributed by atoms with Gasteiger partial charge in [-0.05, 0) is 0 Å². The van der Waals surface area contributed by atoms with Gasteiger partial charge in [-0.25, -0.2) is 0 Å². The molecule has 0 fully saturated rings. The maximum absolute atomic E-state index is 10.4. The van der Waals surface area contributed by atoms with Crippen LogP contribution in [0, 0.1) is 0 Å². The zero-order chi connectivity index (χ0) is 6.73. The molecule has 1 atom stereocenters. The highest BCUT2D eigenvalue weighted by Gasteiger charge is 2.09. The Morgan fingerprint density at radius 1 is 1.75 bits per heavy atom. The molecule has 0 heterocycles. The van der Waals surface area contributed by atoms with Crippen LogP contribution in [0.4, 0.5) is 0 Å². The number of nitrogens with zero attached hydrogens (tertiary/aromatic N) is 1. The quantitative estimate of drug-likeness (QED) is 0.405. The molecule has 1 amide bonds. The SMILES string of the molecule is CN(C)C(=O)C(N)O. The molecular weight excluding hydrogens is 108 g/mol. The predicted molar refractivity (Wildman–Crippen MR) is 28.9 cm³/mol. The van der Waals surface area contributed by atoms with Gasteiger partial charge in [-0.3, -0.25) is 10.5 Å². The molecule has 0 aliphatic carbocycles. The fourth-order valence-corrected chi connectivity index (χ4v) is 0.265. The number of aliphatic hydroxyl groups excluding tert-OH is 1. The van der Waals surface area contributed by atoms with Crippen molar-refractivity contribution in [3.8, 4) is 0 Å². The van der Waals surface area contributed by atoms with Gasteiger partial charge in [0.15, 0.2) is 6.23 Å². The summed E-state index contributed by atoms with van der Waals surface area (Å²) in [5.74, 6) is -0.481. The third-order valence-corrected chi connectivity index (χ3v) is 0.694. The van der Waals surface area contributed by atoms with Crippen molar-refractivity contribution in [3.05, 3.63) is 0 Å². The van der Waals surface area contributed by atoms with Gasteiger partial charge in [0.05, 0.1) is 0 Å². The molecule has 0 saturated carbocycles. The van der Waals surface area contributed by atoms with Crippen LogP contribution in [0.5, 0.6) is 0 Å². The number of carbonyl (C=O) groups is 1. The zero-order valence-electron chi connectivity index (χ0n) is 4.96. The number of likely N-dealkylation sites (N-methyl/N-ethyl adjacent to an activating group) is 1. The van der Waals surface area contributed by atoms with Gasteiger partial charge in [0.1, 0.15) is 0 Å². The fourth-order valence-electron chi connectivity index (χ4n) is 0.265. The van der Waals surface area contributed by atoms with E-state index < -0.39 is 12.1 Å². The summed E-state index contributed by atoms with van der Waals surface area (Å²) < 4.78 is 0. The van der Waals surface area contributed by atoms with Gasteiger partial charge >= 0.3 is 0 Å². The maximum Gasteiger partial charge on any atom is 0.265 e. The Labute approximate surface area is 47.9 Å². The van der Waals surface area contributed by atoms with Crippen molar-refractivity contribution in [2.45, 2.75) is 6.23 Å². The molecule has 3 N–H and O–H groups in total. The van der Waals surface area contributed by atoms with E-state index in [1.807, 2.05) is 0 Å². The average Bonchev–Trinajstić information content (AvgIpc) is 1.64. The van der Waals surface area contributed by atoms with E-state index in [-0.39, 0.29) is 0 Å². The third kappa shape index (κ3) is 1.90. The second-order valence-electron chi connectivity index (χ2n) is 1.68. The summed E-state index contributed by atoms with van der Waals surface area (Å²) >= 11 is 0. The molecule has 1 unspecified atom stereocenters. The molecule has 0 aliphatic heterocycles. The van der Waals surface area contributed by atoms with Gasteiger partial charge in [0, 0.05) is 14.1 Å². The summed E-state index contributed by atoms with van der Waals surface area (Å²) in [6.07, 6.45) is -1.37. The van der Waals surface area contributed by atoms with E-state index >= 15 is 0 Å². The molecule has 48 valence electrons. The lowest BCUT2D eigenvalue weighted by Gasteiger charge is -2.10. The first kappa shape index (κ1) is 7.39. The van der Waals surface area contributed by atoms with Gasteiger partial charge in [0.25, 0.3) is 5.91 Å². The Morgan fingerprint density at radius 3 is 2.12 bits per heavy atom. The second-order valence-corrected chi connectivity index (χ2v) is 1.68. The van der Waals surface area contributed by atoms with E-state index in [0.717, 1.165) is 0 Å². The van der Waals surface area contributed by atoms with E-state index in [9.17, 15) is 4.79 Å². The molecule has 0 spiro atoms. The Bertz CT molecular complexity index is 80.0. The normalized spacial score (nSPS) is 13.0. The molecule has 8 heavy (non-hydrogen) atoms. The first-order valence-electron chi connectivity index (χ1n) is 2.20. The predicted octanol–water partition coefficient (Wildman–Crippen LogP) is -1.65. The third-order valence-electron chi connectivity index (χ3n) is 0.694. The minimum atomic E-state index is -1.37. The van der Waals surface area contributed by atoms with Crippen molar-refractivity contribution < 1.29 is 9.90 Å². The van der Waals surface area contributed by atoms with Gasteiger partial charge in [-0.2, -0.15) is 0 Å². The van der Waals surface area contributed by atoms with Gasteiger partial charge in [-0.15, -0.1) is 0 Å². The molecule has 0 saturated heterocycles. The molecule has 0 aromatic carbocycles. The summed E-state index contributed by atoms with van der Waals surface area (Å²) in [6.45, 7) is 0. The Balaban J connectivity index is 3.65. The molecule has 0 radical (unpaired) electrons. The Hall–Kier alpha value is -0.610. The average molecular weight is 118 g/mol. The molecule has 0 aliphatic rings. The topological polar surface area (TPSA) is 66.6 Å². The van der Waals surface area contributed by atoms with Crippen LogP contribution >= 0.6 is 0 Å². The molecular formula is C4H10N2O2. The minimum absolute atomic E-state index is 0.481. The van der Waals surface area contributed by atoms with Crippen LogP contribution < -0.4 is 5.73 Å². The van der Waals surface area contributed by atoms with E-state index in [0.29, 0.717) is 0 Å². The first-order chi connectivity index (χ1) is 3.55.